The number of amides is 1. The molecule has 0 aromatic heterocycles. The smallest absolute Gasteiger partial charge is 0.326 e. The van der Waals surface area contributed by atoms with Crippen molar-refractivity contribution in [2.75, 3.05) is 0 Å². The number of halogens is 2. The zero-order valence-corrected chi connectivity index (χ0v) is 9.00. The molecule has 0 saturated heterocycles. The fourth-order valence-corrected chi connectivity index (χ4v) is 2.00. The Bertz CT molecular complexity index is 284. The van der Waals surface area contributed by atoms with Gasteiger partial charge in [-0.2, -0.15) is 0 Å². The van der Waals surface area contributed by atoms with Crippen LogP contribution in [0.25, 0.3) is 0 Å². The van der Waals surface area contributed by atoms with Gasteiger partial charge in [-0.15, -0.1) is 0 Å². The van der Waals surface area contributed by atoms with E-state index in [2.05, 4.69) is 5.32 Å². The average Bonchev–Trinajstić information content (AvgIpc) is 2.14. The van der Waals surface area contributed by atoms with E-state index in [1.54, 1.807) is 0 Å². The summed E-state index contributed by atoms with van der Waals surface area (Å²) in [6.07, 6.45) is -0.351. The van der Waals surface area contributed by atoms with Gasteiger partial charge in [0.1, 0.15) is 6.04 Å². The summed E-state index contributed by atoms with van der Waals surface area (Å²) in [6.45, 7) is 1.22. The van der Waals surface area contributed by atoms with Crippen LogP contribution >= 0.6 is 0 Å². The largest absolute Gasteiger partial charge is 0.480 e. The Labute approximate surface area is 92.0 Å². The number of carbonyl (C=O) groups excluding carboxylic acids is 1. The average molecular weight is 235 g/mol. The van der Waals surface area contributed by atoms with E-state index in [0.29, 0.717) is 0 Å². The predicted molar refractivity (Wildman–Crippen MR) is 52.1 cm³/mol. The highest BCUT2D eigenvalue weighted by atomic mass is 19.3. The molecule has 1 atom stereocenters. The molecule has 0 radical (unpaired) electrons. The minimum Gasteiger partial charge on any atom is -0.480 e. The molecule has 1 amide bonds. The van der Waals surface area contributed by atoms with Gasteiger partial charge in [-0.3, -0.25) is 4.79 Å². The van der Waals surface area contributed by atoms with Crippen molar-refractivity contribution in [1.82, 2.24) is 5.32 Å². The van der Waals surface area contributed by atoms with Crippen LogP contribution in [0.5, 0.6) is 0 Å². The summed E-state index contributed by atoms with van der Waals surface area (Å²) in [7, 11) is 0. The molecule has 16 heavy (non-hydrogen) atoms. The molecule has 0 heterocycles. The normalized spacial score (nSPS) is 22.4. The van der Waals surface area contributed by atoms with Crippen molar-refractivity contribution < 1.29 is 23.5 Å². The second-order valence-electron chi connectivity index (χ2n) is 4.21. The Morgan fingerprint density at radius 3 is 2.25 bits per heavy atom. The van der Waals surface area contributed by atoms with Gasteiger partial charge in [0.2, 0.25) is 11.8 Å². The zero-order chi connectivity index (χ0) is 12.3. The summed E-state index contributed by atoms with van der Waals surface area (Å²) in [6, 6.07) is -1.05. The molecule has 1 saturated carbocycles. The molecule has 1 unspecified atom stereocenters. The number of carbonyl (C=O) groups is 2. The van der Waals surface area contributed by atoms with Crippen molar-refractivity contribution in [3.8, 4) is 0 Å². The van der Waals surface area contributed by atoms with Crippen LogP contribution in [0.3, 0.4) is 0 Å². The maximum absolute atomic E-state index is 12.9. The molecule has 1 fully saturated rings. The van der Waals surface area contributed by atoms with Gasteiger partial charge in [0.25, 0.3) is 0 Å². The predicted octanol–water partition coefficient (Wildman–Crippen LogP) is 1.40. The van der Waals surface area contributed by atoms with Gasteiger partial charge < -0.3 is 10.4 Å². The lowest BCUT2D eigenvalue weighted by molar-refractivity contribution is -0.144. The van der Waals surface area contributed by atoms with Gasteiger partial charge in [0, 0.05) is 19.8 Å². The second kappa shape index (κ2) is 4.76. The number of aliphatic carboxylic acids is 1. The molecule has 1 aliphatic carbocycles. The highest BCUT2D eigenvalue weighted by molar-refractivity contribution is 5.82. The van der Waals surface area contributed by atoms with E-state index in [0.717, 1.165) is 0 Å². The molecule has 4 nitrogen and oxygen atoms in total. The number of nitrogens with one attached hydrogen (secondary N) is 1. The lowest BCUT2D eigenvalue weighted by Crippen LogP contribution is -2.47. The van der Waals surface area contributed by atoms with Crippen molar-refractivity contribution in [2.45, 2.75) is 44.6 Å². The molecule has 0 spiro atoms. The summed E-state index contributed by atoms with van der Waals surface area (Å²) in [4.78, 5) is 21.7. The van der Waals surface area contributed by atoms with Crippen LogP contribution in [-0.4, -0.2) is 28.9 Å². The number of alkyl halides is 2. The number of hydrogen-bond acceptors (Lipinski definition) is 2. The molecular weight excluding hydrogens is 220 g/mol. The first-order valence-electron chi connectivity index (χ1n) is 5.19. The molecule has 0 bridgehead atoms. The third kappa shape index (κ3) is 3.43. The molecule has 6 heteroatoms. The van der Waals surface area contributed by atoms with Crippen molar-refractivity contribution in [3.05, 3.63) is 0 Å². The molecule has 1 rings (SSSR count). The van der Waals surface area contributed by atoms with E-state index >= 15 is 0 Å². The van der Waals surface area contributed by atoms with Crippen LogP contribution in [0.15, 0.2) is 0 Å². The van der Waals surface area contributed by atoms with Crippen LogP contribution < -0.4 is 5.32 Å². The van der Waals surface area contributed by atoms with Crippen LogP contribution in [0.4, 0.5) is 8.78 Å². The molecule has 0 aromatic rings. The minimum absolute atomic E-state index is 0.129. The van der Waals surface area contributed by atoms with Gasteiger partial charge in [-0.05, 0) is 18.8 Å². The third-order valence-corrected chi connectivity index (χ3v) is 2.86. The standard InChI is InChI=1S/C10H15F2NO3/c1-6(14)13-8(9(15)16)7-2-4-10(11,12)5-3-7/h7-8H,2-5H2,1H3,(H,13,14)(H,15,16). The summed E-state index contributed by atoms with van der Waals surface area (Å²) < 4.78 is 25.7. The van der Waals surface area contributed by atoms with E-state index in [-0.39, 0.29) is 25.7 Å². The van der Waals surface area contributed by atoms with Crippen LogP contribution in [0, 0.1) is 5.92 Å². The number of hydrogen-bond donors (Lipinski definition) is 2. The van der Waals surface area contributed by atoms with Gasteiger partial charge in [-0.1, -0.05) is 0 Å². The minimum atomic E-state index is -2.68. The Hall–Kier alpha value is -1.20. The SMILES string of the molecule is CC(=O)NC(C(=O)O)C1CCC(F)(F)CC1. The number of carboxylic acids is 1. The van der Waals surface area contributed by atoms with E-state index in [9.17, 15) is 18.4 Å². The quantitative estimate of drug-likeness (QED) is 0.777. The van der Waals surface area contributed by atoms with Gasteiger partial charge >= 0.3 is 5.97 Å². The third-order valence-electron chi connectivity index (χ3n) is 2.86. The summed E-state index contributed by atoms with van der Waals surface area (Å²) in [5, 5.41) is 11.2. The van der Waals surface area contributed by atoms with Crippen LogP contribution in [0.2, 0.25) is 0 Å². The first-order chi connectivity index (χ1) is 7.32. The Morgan fingerprint density at radius 1 is 1.38 bits per heavy atom. The fourth-order valence-electron chi connectivity index (χ4n) is 2.00. The summed E-state index contributed by atoms with van der Waals surface area (Å²) in [5.74, 6) is -4.70. The lowest BCUT2D eigenvalue weighted by Gasteiger charge is -2.31. The Morgan fingerprint density at radius 2 is 1.88 bits per heavy atom. The van der Waals surface area contributed by atoms with Crippen LogP contribution in [-0.2, 0) is 9.59 Å². The molecule has 2 N–H and O–H groups in total. The van der Waals surface area contributed by atoms with Crippen molar-refractivity contribution >= 4 is 11.9 Å². The molecular formula is C10H15F2NO3. The van der Waals surface area contributed by atoms with Gasteiger partial charge in [0.15, 0.2) is 0 Å². The monoisotopic (exact) mass is 235 g/mol. The highest BCUT2D eigenvalue weighted by Crippen LogP contribution is 2.37. The van der Waals surface area contributed by atoms with E-state index in [4.69, 9.17) is 5.11 Å². The second-order valence-corrected chi connectivity index (χ2v) is 4.21. The van der Waals surface area contributed by atoms with E-state index < -0.39 is 29.8 Å². The highest BCUT2D eigenvalue weighted by Gasteiger charge is 2.39. The first-order valence-corrected chi connectivity index (χ1v) is 5.19. The van der Waals surface area contributed by atoms with Crippen molar-refractivity contribution in [3.63, 3.8) is 0 Å². The fraction of sp³-hybridized carbons (Fsp3) is 0.800. The maximum atomic E-state index is 12.9. The topological polar surface area (TPSA) is 66.4 Å². The Balaban J connectivity index is 2.60. The van der Waals surface area contributed by atoms with Gasteiger partial charge in [0.05, 0.1) is 0 Å². The van der Waals surface area contributed by atoms with Crippen molar-refractivity contribution in [2.24, 2.45) is 5.92 Å². The number of rotatable bonds is 3. The van der Waals surface area contributed by atoms with Crippen molar-refractivity contribution in [1.29, 1.82) is 0 Å². The zero-order valence-electron chi connectivity index (χ0n) is 9.00. The molecule has 0 aliphatic heterocycles. The van der Waals surface area contributed by atoms with E-state index in [1.165, 1.54) is 6.92 Å². The molecule has 1 aliphatic rings. The lowest BCUT2D eigenvalue weighted by atomic mass is 9.82. The first kappa shape index (κ1) is 12.9. The molecule has 0 aromatic carbocycles. The van der Waals surface area contributed by atoms with Gasteiger partial charge in [-0.25, -0.2) is 13.6 Å². The summed E-state index contributed by atoms with van der Waals surface area (Å²) >= 11 is 0. The van der Waals surface area contributed by atoms with Crippen LogP contribution in [0.1, 0.15) is 32.6 Å². The Kier molecular flexibility index (Phi) is 3.83. The van der Waals surface area contributed by atoms with E-state index in [1.807, 2.05) is 0 Å². The maximum Gasteiger partial charge on any atom is 0.326 e. The summed E-state index contributed by atoms with van der Waals surface area (Å²) in [5.41, 5.74) is 0. The number of carboxylic acid groups (broad SMARTS) is 1. The molecule has 92 valence electrons.